The largest absolute Gasteiger partial charge is 0.466 e. The Kier molecular flexibility index (Phi) is 5.33. The van der Waals surface area contributed by atoms with Crippen LogP contribution in [0.15, 0.2) is 39.9 Å². The molecular formula is C16H21N5O5S. The van der Waals surface area contributed by atoms with Gasteiger partial charge in [0.1, 0.15) is 6.04 Å². The number of ether oxygens (including phenoxy) is 1. The van der Waals surface area contributed by atoms with E-state index in [1.165, 1.54) is 20.3 Å². The van der Waals surface area contributed by atoms with E-state index < -0.39 is 22.0 Å². The highest BCUT2D eigenvalue weighted by Gasteiger charge is 2.38. The van der Waals surface area contributed by atoms with Crippen LogP contribution in [0.1, 0.15) is 12.5 Å². The Hall–Kier alpha value is -2.66. The van der Waals surface area contributed by atoms with Crippen molar-refractivity contribution in [2.45, 2.75) is 24.8 Å². The summed E-state index contributed by atoms with van der Waals surface area (Å²) in [4.78, 5) is 13.8. The van der Waals surface area contributed by atoms with Gasteiger partial charge in [0.25, 0.3) is 11.8 Å². The molecule has 1 unspecified atom stereocenters. The van der Waals surface area contributed by atoms with Crippen molar-refractivity contribution < 1.29 is 27.3 Å². The lowest BCUT2D eigenvalue weighted by atomic mass is 10.2. The summed E-state index contributed by atoms with van der Waals surface area (Å²) < 4.78 is 37.0. The summed E-state index contributed by atoms with van der Waals surface area (Å²) in [6.45, 7) is 3.96. The second-order valence-corrected chi connectivity index (χ2v) is 8.03. The Morgan fingerprint density at radius 3 is 2.67 bits per heavy atom. The number of hydrogen-bond acceptors (Lipinski definition) is 7. The Morgan fingerprint density at radius 2 is 2.07 bits per heavy atom. The number of sulfonamides is 1. The number of esters is 1. The number of aromatic nitrogens is 2. The molecule has 2 heterocycles. The molecule has 2 aromatic rings. The number of nitrogens with one attached hydrogen (secondary N) is 1. The fourth-order valence-corrected chi connectivity index (χ4v) is 4.30. The summed E-state index contributed by atoms with van der Waals surface area (Å²) in [6, 6.07) is 5.65. The molecule has 1 atom stereocenters. The summed E-state index contributed by atoms with van der Waals surface area (Å²) in [5.41, 5.74) is 0.782. The Labute approximate surface area is 156 Å². The first kappa shape index (κ1) is 19.1. The van der Waals surface area contributed by atoms with Gasteiger partial charge in [0, 0.05) is 19.6 Å². The van der Waals surface area contributed by atoms with Gasteiger partial charge in [-0.15, -0.1) is 0 Å². The maximum absolute atomic E-state index is 13.0. The van der Waals surface area contributed by atoms with Crippen molar-refractivity contribution >= 4 is 16.0 Å². The molecule has 10 nitrogen and oxygen atoms in total. The average molecular weight is 395 g/mol. The number of rotatable bonds is 5. The first-order chi connectivity index (χ1) is 12.8. The van der Waals surface area contributed by atoms with E-state index in [2.05, 4.69) is 5.27 Å². The molecule has 0 aliphatic carbocycles. The van der Waals surface area contributed by atoms with Crippen LogP contribution < -0.4 is 20.6 Å². The normalized spacial score (nSPS) is 18.4. The minimum Gasteiger partial charge on any atom is -0.466 e. The van der Waals surface area contributed by atoms with Crippen molar-refractivity contribution in [3.8, 4) is 0 Å². The zero-order chi connectivity index (χ0) is 19.6. The first-order valence-electron chi connectivity index (χ1n) is 8.43. The lowest BCUT2D eigenvalue weighted by molar-refractivity contribution is -0.766. The number of hydrogen-bond donors (Lipinski definition) is 1. The minimum atomic E-state index is -3.75. The standard InChI is InChI=1S/C16H21N5O5S/c1-3-25-16(22)14-10-19(8-9-20(14)21-11-15(17)26-18-21)27(23,24)13-6-4-12(2)5-7-13/h4-7,11,14,17H,3,8-10H2,1-2H3. The van der Waals surface area contributed by atoms with E-state index in [1.54, 1.807) is 31.2 Å². The third kappa shape index (κ3) is 3.88. The Morgan fingerprint density at radius 1 is 1.37 bits per heavy atom. The molecule has 3 rings (SSSR count). The molecular weight excluding hydrogens is 374 g/mol. The highest BCUT2D eigenvalue weighted by Crippen LogP contribution is 2.19. The fraction of sp³-hybridized carbons (Fsp3) is 0.438. The van der Waals surface area contributed by atoms with Gasteiger partial charge in [0.05, 0.1) is 11.5 Å². The van der Waals surface area contributed by atoms with Crippen LogP contribution in [0.3, 0.4) is 0 Å². The number of carbonyl (C=O) groups excluding carboxylic acids is 1. The highest BCUT2D eigenvalue weighted by molar-refractivity contribution is 7.89. The number of carbonyl (C=O) groups is 1. The molecule has 146 valence electrons. The molecule has 0 radical (unpaired) electrons. The van der Waals surface area contributed by atoms with Crippen LogP contribution in [-0.2, 0) is 19.6 Å². The fourth-order valence-electron chi connectivity index (χ4n) is 2.86. The molecule has 0 saturated carbocycles. The molecule has 1 aromatic carbocycles. The minimum absolute atomic E-state index is 0.0950. The van der Waals surface area contributed by atoms with Crippen LogP contribution in [0.5, 0.6) is 0 Å². The molecule has 27 heavy (non-hydrogen) atoms. The lowest BCUT2D eigenvalue weighted by Gasteiger charge is -2.39. The van der Waals surface area contributed by atoms with Gasteiger partial charge in [-0.3, -0.25) is 15.2 Å². The van der Waals surface area contributed by atoms with Crippen molar-refractivity contribution in [2.75, 3.05) is 31.3 Å². The third-order valence-corrected chi connectivity index (χ3v) is 6.13. The van der Waals surface area contributed by atoms with Crippen LogP contribution in [-0.4, -0.2) is 51.0 Å². The lowest BCUT2D eigenvalue weighted by Crippen LogP contribution is -2.73. The van der Waals surface area contributed by atoms with Crippen LogP contribution >= 0.6 is 0 Å². The predicted octanol–water partition coefficient (Wildman–Crippen LogP) is -1.11. The van der Waals surface area contributed by atoms with Crippen molar-refractivity contribution in [1.29, 1.82) is 5.41 Å². The van der Waals surface area contributed by atoms with Gasteiger partial charge >= 0.3 is 5.97 Å². The van der Waals surface area contributed by atoms with E-state index in [1.807, 2.05) is 6.92 Å². The number of nitrogens with zero attached hydrogens (tertiary/aromatic N) is 4. The van der Waals surface area contributed by atoms with Crippen LogP contribution in [0, 0.1) is 12.3 Å². The van der Waals surface area contributed by atoms with Crippen LogP contribution in [0.4, 0.5) is 0 Å². The van der Waals surface area contributed by atoms with E-state index in [9.17, 15) is 13.2 Å². The molecule has 11 heteroatoms. The van der Waals surface area contributed by atoms with Crippen LogP contribution in [0.25, 0.3) is 0 Å². The quantitative estimate of drug-likeness (QED) is 0.503. The second-order valence-electron chi connectivity index (χ2n) is 6.09. The van der Waals surface area contributed by atoms with E-state index in [4.69, 9.17) is 14.7 Å². The Bertz CT molecular complexity index is 966. The number of aryl methyl sites for hydroxylation is 1. The maximum atomic E-state index is 13.0. The van der Waals surface area contributed by atoms with E-state index in [-0.39, 0.29) is 36.7 Å². The maximum Gasteiger partial charge on any atom is 0.314 e. The van der Waals surface area contributed by atoms with Gasteiger partial charge in [0.15, 0.2) is 0 Å². The molecule has 1 saturated heterocycles. The van der Waals surface area contributed by atoms with Gasteiger partial charge in [-0.05, 0) is 31.3 Å². The van der Waals surface area contributed by atoms with Crippen molar-refractivity contribution in [3.63, 3.8) is 0 Å². The van der Waals surface area contributed by atoms with E-state index >= 15 is 0 Å². The molecule has 1 aliphatic heterocycles. The van der Waals surface area contributed by atoms with Crippen molar-refractivity contribution in [3.05, 3.63) is 41.6 Å². The Balaban J connectivity index is 1.89. The topological polar surface area (TPSA) is 122 Å². The number of benzene rings is 1. The zero-order valence-electron chi connectivity index (χ0n) is 15.0. The summed E-state index contributed by atoms with van der Waals surface area (Å²) in [5.74, 6) is -0.566. The third-order valence-electron chi connectivity index (χ3n) is 4.25. The molecule has 1 fully saturated rings. The van der Waals surface area contributed by atoms with Crippen molar-refractivity contribution in [2.24, 2.45) is 0 Å². The van der Waals surface area contributed by atoms with Gasteiger partial charge in [0.2, 0.25) is 10.0 Å². The zero-order valence-corrected chi connectivity index (χ0v) is 15.8. The highest BCUT2D eigenvalue weighted by atomic mass is 32.2. The smallest absolute Gasteiger partial charge is 0.314 e. The van der Waals surface area contributed by atoms with Gasteiger partial charge in [-0.2, -0.15) is 4.31 Å². The predicted molar refractivity (Wildman–Crippen MR) is 91.5 cm³/mol. The SMILES string of the molecule is CCOC(=O)C1CN(S(=O)(=O)c2ccc(C)cc2)CCN1[n+]1cc(=N)o[n-]1. The number of piperazine rings is 1. The monoisotopic (exact) mass is 395 g/mol. The summed E-state index contributed by atoms with van der Waals surface area (Å²) in [6.07, 6.45) is 1.30. The van der Waals surface area contributed by atoms with E-state index in [0.29, 0.717) is 0 Å². The molecule has 0 bridgehead atoms. The average Bonchev–Trinajstić information content (AvgIpc) is 3.08. The summed E-state index contributed by atoms with van der Waals surface area (Å²) in [5, 5.41) is 12.7. The summed E-state index contributed by atoms with van der Waals surface area (Å²) >= 11 is 0. The second kappa shape index (κ2) is 7.53. The molecule has 0 spiro atoms. The van der Waals surface area contributed by atoms with Gasteiger partial charge in [-0.25, -0.2) is 8.42 Å². The molecule has 1 aromatic heterocycles. The molecule has 0 amide bonds. The van der Waals surface area contributed by atoms with Gasteiger partial charge < -0.3 is 9.26 Å². The summed E-state index contributed by atoms with van der Waals surface area (Å²) in [7, 11) is -3.75. The molecule has 1 N–H and O–H groups in total. The van der Waals surface area contributed by atoms with Gasteiger partial charge in [-0.1, -0.05) is 22.5 Å². The molecule has 1 aliphatic rings. The van der Waals surface area contributed by atoms with E-state index in [0.717, 1.165) is 5.56 Å². The van der Waals surface area contributed by atoms with Crippen LogP contribution in [0.2, 0.25) is 0 Å². The van der Waals surface area contributed by atoms with Crippen molar-refractivity contribution in [1.82, 2.24) is 9.58 Å². The first-order valence-corrected chi connectivity index (χ1v) is 9.87.